The van der Waals surface area contributed by atoms with Gasteiger partial charge in [-0.2, -0.15) is 18.4 Å². The molecular formula is C28H28F3N5O4. The third kappa shape index (κ3) is 5.50. The lowest BCUT2D eigenvalue weighted by Crippen LogP contribution is -2.53. The molecule has 4 amide bonds. The summed E-state index contributed by atoms with van der Waals surface area (Å²) < 4.78 is 40.0. The molecule has 0 bridgehead atoms. The number of alkyl halides is 3. The Labute approximate surface area is 228 Å². The number of benzene rings is 2. The fourth-order valence-electron chi connectivity index (χ4n) is 5.24. The molecule has 1 fully saturated rings. The van der Waals surface area contributed by atoms with Crippen molar-refractivity contribution in [3.8, 4) is 6.07 Å². The number of nitriles is 1. The van der Waals surface area contributed by atoms with Crippen LogP contribution in [0.1, 0.15) is 44.7 Å². The smallest absolute Gasteiger partial charge is 0.336 e. The number of anilines is 2. The van der Waals surface area contributed by atoms with E-state index < -0.39 is 58.1 Å². The minimum atomic E-state index is -4.77. The molecule has 40 heavy (non-hydrogen) atoms. The van der Waals surface area contributed by atoms with Crippen molar-refractivity contribution < 1.29 is 32.3 Å². The van der Waals surface area contributed by atoms with Gasteiger partial charge in [0, 0.05) is 18.7 Å². The summed E-state index contributed by atoms with van der Waals surface area (Å²) >= 11 is 0. The summed E-state index contributed by atoms with van der Waals surface area (Å²) in [6.07, 6.45) is -4.67. The largest absolute Gasteiger partial charge is 0.418 e. The highest BCUT2D eigenvalue weighted by atomic mass is 19.4. The summed E-state index contributed by atoms with van der Waals surface area (Å²) in [6.45, 7) is 5.28. The number of nitrogens with zero attached hydrogens (tertiary/aromatic N) is 2. The van der Waals surface area contributed by atoms with Crippen molar-refractivity contribution in [2.75, 3.05) is 17.2 Å². The molecule has 0 aromatic heterocycles. The number of fused-ring (bicyclic) bond motifs is 2. The van der Waals surface area contributed by atoms with Gasteiger partial charge in [0.15, 0.2) is 0 Å². The van der Waals surface area contributed by atoms with Crippen molar-refractivity contribution in [3.63, 3.8) is 0 Å². The zero-order valence-corrected chi connectivity index (χ0v) is 22.1. The number of amides is 4. The number of hydrogen-bond acceptors (Lipinski definition) is 5. The van der Waals surface area contributed by atoms with Crippen LogP contribution in [0.5, 0.6) is 0 Å². The first-order valence-corrected chi connectivity index (χ1v) is 12.6. The molecule has 3 atom stereocenters. The van der Waals surface area contributed by atoms with E-state index in [-0.39, 0.29) is 25.3 Å². The molecule has 3 N–H and O–H groups in total. The number of nitrogens with one attached hydrogen (secondary N) is 3. The predicted molar refractivity (Wildman–Crippen MR) is 139 cm³/mol. The minimum absolute atomic E-state index is 0.0446. The topological polar surface area (TPSA) is 131 Å². The molecule has 1 spiro atoms. The van der Waals surface area contributed by atoms with Gasteiger partial charge in [0.25, 0.3) is 0 Å². The van der Waals surface area contributed by atoms with E-state index in [1.807, 2.05) is 5.32 Å². The Hall–Kier alpha value is -4.40. The van der Waals surface area contributed by atoms with E-state index in [9.17, 15) is 37.6 Å². The lowest BCUT2D eigenvalue weighted by atomic mass is 9.80. The molecule has 0 radical (unpaired) electrons. The van der Waals surface area contributed by atoms with E-state index in [1.54, 1.807) is 45.0 Å². The van der Waals surface area contributed by atoms with Crippen LogP contribution in [0.15, 0.2) is 48.5 Å². The summed E-state index contributed by atoms with van der Waals surface area (Å²) in [5, 5.41) is 17.0. The van der Waals surface area contributed by atoms with Crippen LogP contribution in [-0.2, 0) is 30.8 Å². The Bertz CT molecular complexity index is 1410. The van der Waals surface area contributed by atoms with Gasteiger partial charge in [-0.1, -0.05) is 51.1 Å². The lowest BCUT2D eigenvalue weighted by Gasteiger charge is -2.31. The lowest BCUT2D eigenvalue weighted by molar-refractivity contribution is -0.141. The van der Waals surface area contributed by atoms with Gasteiger partial charge in [0.2, 0.25) is 11.8 Å². The highest BCUT2D eigenvalue weighted by Crippen LogP contribution is 2.46. The van der Waals surface area contributed by atoms with Crippen LogP contribution in [0.4, 0.5) is 24.5 Å². The molecule has 1 saturated heterocycles. The zero-order chi connectivity index (χ0) is 29.5. The normalized spacial score (nSPS) is 20.9. The Balaban J connectivity index is 1.57. The standard InChI is InChI=1S/C28H28F3N5O4/c1-26(2,3)13-21(34-23(38)22(37)33-20-11-7-5-9-18(20)28(29,30)31)24(39)36-15-27(12-16(36)14-32)17-8-4-6-10-19(17)35-25(27)40/h4-11,16,21H,12-13,15H2,1-3H3,(H,33,37)(H,34,38)(H,35,40)/t16-,21-,27-/m0/s1. The fraction of sp³-hybridized carbons (Fsp3) is 0.393. The second-order valence-electron chi connectivity index (χ2n) is 11.2. The maximum atomic E-state index is 13.8. The Morgan fingerprint density at radius 1 is 1.10 bits per heavy atom. The number of carbonyl (C=O) groups excluding carboxylic acids is 4. The van der Waals surface area contributed by atoms with Crippen LogP contribution < -0.4 is 16.0 Å². The first kappa shape index (κ1) is 28.6. The quantitative estimate of drug-likeness (QED) is 0.497. The second kappa shape index (κ2) is 10.3. The molecule has 2 aromatic rings. The van der Waals surface area contributed by atoms with Gasteiger partial charge < -0.3 is 20.9 Å². The van der Waals surface area contributed by atoms with Crippen LogP contribution in [-0.4, -0.2) is 47.2 Å². The Morgan fingerprint density at radius 2 is 1.75 bits per heavy atom. The van der Waals surface area contributed by atoms with Crippen molar-refractivity contribution in [2.45, 2.75) is 57.3 Å². The monoisotopic (exact) mass is 555 g/mol. The van der Waals surface area contributed by atoms with Crippen LogP contribution >= 0.6 is 0 Å². The van der Waals surface area contributed by atoms with E-state index in [1.165, 1.54) is 11.0 Å². The minimum Gasteiger partial charge on any atom is -0.336 e. The van der Waals surface area contributed by atoms with E-state index in [0.29, 0.717) is 11.3 Å². The highest BCUT2D eigenvalue weighted by molar-refractivity contribution is 6.40. The Morgan fingerprint density at radius 3 is 2.40 bits per heavy atom. The second-order valence-corrected chi connectivity index (χ2v) is 11.2. The van der Waals surface area contributed by atoms with Gasteiger partial charge in [-0.3, -0.25) is 19.2 Å². The summed E-state index contributed by atoms with van der Waals surface area (Å²) in [6, 6.07) is 11.0. The van der Waals surface area contributed by atoms with Crippen LogP contribution in [0.3, 0.4) is 0 Å². The van der Waals surface area contributed by atoms with E-state index in [0.717, 1.165) is 18.2 Å². The molecule has 2 aliphatic heterocycles. The molecule has 12 heteroatoms. The third-order valence-corrected chi connectivity index (χ3v) is 7.02. The predicted octanol–water partition coefficient (Wildman–Crippen LogP) is 3.58. The van der Waals surface area contributed by atoms with Crippen LogP contribution in [0.2, 0.25) is 0 Å². The van der Waals surface area contributed by atoms with Crippen LogP contribution in [0, 0.1) is 16.7 Å². The maximum absolute atomic E-state index is 13.8. The SMILES string of the molecule is CC(C)(C)C[C@H](NC(=O)C(=O)Nc1ccccc1C(F)(F)F)C(=O)N1C[C@]2(C[C@H]1C#N)C(=O)Nc1ccccc12. The number of rotatable bonds is 4. The van der Waals surface area contributed by atoms with Crippen molar-refractivity contribution >= 4 is 35.0 Å². The van der Waals surface area contributed by atoms with E-state index in [2.05, 4.69) is 16.7 Å². The average Bonchev–Trinajstić information content (AvgIpc) is 3.40. The highest BCUT2D eigenvalue weighted by Gasteiger charge is 2.56. The summed E-state index contributed by atoms with van der Waals surface area (Å²) in [5.74, 6) is -3.72. The summed E-state index contributed by atoms with van der Waals surface area (Å²) in [5.41, 5.74) is -2.17. The fourth-order valence-corrected chi connectivity index (χ4v) is 5.24. The Kier molecular flexibility index (Phi) is 7.36. The molecular weight excluding hydrogens is 527 g/mol. The number of halogens is 3. The van der Waals surface area contributed by atoms with E-state index in [4.69, 9.17) is 0 Å². The van der Waals surface area contributed by atoms with Crippen LogP contribution in [0.25, 0.3) is 0 Å². The van der Waals surface area contributed by atoms with Crippen molar-refractivity contribution in [2.24, 2.45) is 5.41 Å². The third-order valence-electron chi connectivity index (χ3n) is 7.02. The molecule has 0 aliphatic carbocycles. The number of hydrogen-bond donors (Lipinski definition) is 3. The molecule has 2 aliphatic rings. The molecule has 9 nitrogen and oxygen atoms in total. The zero-order valence-electron chi connectivity index (χ0n) is 22.1. The number of carbonyl (C=O) groups is 4. The molecule has 4 rings (SSSR count). The number of likely N-dealkylation sites (tertiary alicyclic amines) is 1. The van der Waals surface area contributed by atoms with Gasteiger partial charge >= 0.3 is 18.0 Å². The van der Waals surface area contributed by atoms with E-state index >= 15 is 0 Å². The number of para-hydroxylation sites is 2. The first-order chi connectivity index (χ1) is 18.7. The van der Waals surface area contributed by atoms with Gasteiger partial charge in [-0.15, -0.1) is 0 Å². The first-order valence-electron chi connectivity index (χ1n) is 12.6. The molecule has 2 heterocycles. The van der Waals surface area contributed by atoms with Crippen molar-refractivity contribution in [3.05, 3.63) is 59.7 Å². The summed E-state index contributed by atoms with van der Waals surface area (Å²) in [4.78, 5) is 53.6. The van der Waals surface area contributed by atoms with Crippen molar-refractivity contribution in [1.82, 2.24) is 10.2 Å². The van der Waals surface area contributed by atoms with Crippen molar-refractivity contribution in [1.29, 1.82) is 5.26 Å². The molecule has 0 unspecified atom stereocenters. The van der Waals surface area contributed by atoms with Gasteiger partial charge in [-0.05, 0) is 35.6 Å². The average molecular weight is 556 g/mol. The molecule has 0 saturated carbocycles. The van der Waals surface area contributed by atoms with Gasteiger partial charge in [-0.25, -0.2) is 0 Å². The molecule has 2 aromatic carbocycles. The molecule has 210 valence electrons. The summed E-state index contributed by atoms with van der Waals surface area (Å²) in [7, 11) is 0. The van der Waals surface area contributed by atoms with Gasteiger partial charge in [0.1, 0.15) is 12.1 Å². The maximum Gasteiger partial charge on any atom is 0.418 e. The van der Waals surface area contributed by atoms with Gasteiger partial charge in [0.05, 0.1) is 22.7 Å².